The van der Waals surface area contributed by atoms with Crippen molar-refractivity contribution in [1.82, 2.24) is 9.97 Å². The van der Waals surface area contributed by atoms with Gasteiger partial charge in [0, 0.05) is 11.6 Å². The summed E-state index contributed by atoms with van der Waals surface area (Å²) in [6.45, 7) is 0. The van der Waals surface area contributed by atoms with Crippen LogP contribution in [0.4, 0.5) is 5.69 Å². The van der Waals surface area contributed by atoms with Crippen LogP contribution in [0.25, 0.3) is 22.3 Å². The Balaban J connectivity index is 1.83. The molecule has 0 bridgehead atoms. The Morgan fingerprint density at radius 3 is 2.46 bits per heavy atom. The van der Waals surface area contributed by atoms with Crippen molar-refractivity contribution >= 4 is 34.1 Å². The molecule has 1 amide bonds. The lowest BCUT2D eigenvalue weighted by Gasteiger charge is -2.11. The lowest BCUT2D eigenvalue weighted by molar-refractivity contribution is 0.102. The Morgan fingerprint density at radius 2 is 1.65 bits per heavy atom. The number of rotatable bonds is 3. The third-order valence-electron chi connectivity index (χ3n) is 4.01. The van der Waals surface area contributed by atoms with Crippen LogP contribution < -0.4 is 5.32 Å². The number of carbonyl (C=O) groups excluding carboxylic acids is 1. The van der Waals surface area contributed by atoms with Crippen LogP contribution in [0.5, 0.6) is 0 Å². The van der Waals surface area contributed by atoms with Gasteiger partial charge in [-0.25, -0.2) is 4.98 Å². The number of nitrogens with one attached hydrogen (secondary N) is 1. The van der Waals surface area contributed by atoms with E-state index < -0.39 is 0 Å². The summed E-state index contributed by atoms with van der Waals surface area (Å²) >= 11 is 6.16. The van der Waals surface area contributed by atoms with E-state index in [1.54, 1.807) is 24.4 Å². The number of benzene rings is 2. The molecule has 4 rings (SSSR count). The quantitative estimate of drug-likeness (QED) is 0.546. The van der Waals surface area contributed by atoms with E-state index in [1.165, 1.54) is 0 Å². The van der Waals surface area contributed by atoms with Crippen LogP contribution in [0.3, 0.4) is 0 Å². The maximum absolute atomic E-state index is 12.9. The van der Waals surface area contributed by atoms with E-state index in [4.69, 9.17) is 11.6 Å². The second-order valence-corrected chi connectivity index (χ2v) is 6.13. The Labute approximate surface area is 155 Å². The largest absolute Gasteiger partial charge is 0.321 e. The molecule has 0 unspecified atom stereocenters. The third-order valence-corrected chi connectivity index (χ3v) is 4.34. The molecule has 26 heavy (non-hydrogen) atoms. The van der Waals surface area contributed by atoms with Gasteiger partial charge in [-0.1, -0.05) is 48.0 Å². The highest BCUT2D eigenvalue weighted by atomic mass is 35.5. The number of aromatic nitrogens is 2. The summed E-state index contributed by atoms with van der Waals surface area (Å²) in [7, 11) is 0. The minimum absolute atomic E-state index is 0.242. The summed E-state index contributed by atoms with van der Waals surface area (Å²) in [5, 5.41) is 4.14. The molecule has 5 heteroatoms. The molecule has 0 aliphatic rings. The van der Waals surface area contributed by atoms with Gasteiger partial charge in [0.25, 0.3) is 5.91 Å². The van der Waals surface area contributed by atoms with Gasteiger partial charge in [-0.3, -0.25) is 9.78 Å². The van der Waals surface area contributed by atoms with Gasteiger partial charge in [0.05, 0.1) is 33.2 Å². The smallest absolute Gasteiger partial charge is 0.256 e. The van der Waals surface area contributed by atoms with Gasteiger partial charge in [-0.05, 0) is 36.4 Å². The zero-order valence-corrected chi connectivity index (χ0v) is 14.4. The molecule has 2 heterocycles. The molecule has 0 radical (unpaired) electrons. The number of carbonyl (C=O) groups is 1. The Bertz CT molecular complexity index is 1100. The van der Waals surface area contributed by atoms with Crippen LogP contribution >= 0.6 is 11.6 Å². The van der Waals surface area contributed by atoms with Crippen LogP contribution in [0.1, 0.15) is 10.4 Å². The molecular formula is C21H14ClN3O. The molecule has 2 aromatic heterocycles. The number of fused-ring (bicyclic) bond motifs is 1. The Kier molecular flexibility index (Phi) is 4.33. The van der Waals surface area contributed by atoms with Crippen LogP contribution in [0, 0.1) is 0 Å². The van der Waals surface area contributed by atoms with Gasteiger partial charge < -0.3 is 5.32 Å². The standard InChI is InChI=1S/C21H14ClN3O/c22-16-8-2-4-10-18(16)25-21(26)15-13-20(19-11-5-6-12-23-19)24-17-9-3-1-7-14(15)17/h1-13H,(H,25,26). The number of hydrogen-bond donors (Lipinski definition) is 1. The number of halogens is 1. The number of anilines is 1. The molecule has 4 nitrogen and oxygen atoms in total. The van der Waals surface area contributed by atoms with Crippen molar-refractivity contribution in [3.8, 4) is 11.4 Å². The van der Waals surface area contributed by atoms with Crippen molar-refractivity contribution in [2.75, 3.05) is 5.32 Å². The minimum atomic E-state index is -0.242. The second kappa shape index (κ2) is 6.94. The van der Waals surface area contributed by atoms with E-state index >= 15 is 0 Å². The predicted molar refractivity (Wildman–Crippen MR) is 104 cm³/mol. The monoisotopic (exact) mass is 359 g/mol. The fourth-order valence-electron chi connectivity index (χ4n) is 2.76. The molecule has 0 aliphatic carbocycles. The molecule has 1 N–H and O–H groups in total. The zero-order valence-electron chi connectivity index (χ0n) is 13.7. The fraction of sp³-hybridized carbons (Fsp3) is 0. The van der Waals surface area contributed by atoms with E-state index in [9.17, 15) is 4.79 Å². The van der Waals surface area contributed by atoms with E-state index in [1.807, 2.05) is 54.6 Å². The first-order chi connectivity index (χ1) is 12.7. The average Bonchev–Trinajstić information content (AvgIpc) is 2.69. The van der Waals surface area contributed by atoms with Crippen LogP contribution in [-0.2, 0) is 0 Å². The van der Waals surface area contributed by atoms with Crippen molar-refractivity contribution in [2.24, 2.45) is 0 Å². The summed E-state index contributed by atoms with van der Waals surface area (Å²) in [5.41, 5.74) is 3.19. The van der Waals surface area contributed by atoms with Crippen molar-refractivity contribution in [3.05, 3.63) is 89.6 Å². The molecule has 0 atom stereocenters. The van der Waals surface area contributed by atoms with Gasteiger partial charge in [0.1, 0.15) is 0 Å². The molecule has 2 aromatic carbocycles. The van der Waals surface area contributed by atoms with E-state index in [0.29, 0.717) is 27.7 Å². The summed E-state index contributed by atoms with van der Waals surface area (Å²) in [5.74, 6) is -0.242. The first-order valence-electron chi connectivity index (χ1n) is 8.09. The Morgan fingerprint density at radius 1 is 0.885 bits per heavy atom. The van der Waals surface area contributed by atoms with Crippen molar-refractivity contribution in [1.29, 1.82) is 0 Å². The molecule has 126 valence electrons. The molecule has 0 spiro atoms. The molecule has 0 fully saturated rings. The number of para-hydroxylation sites is 2. The summed E-state index contributed by atoms with van der Waals surface area (Å²) < 4.78 is 0. The first-order valence-corrected chi connectivity index (χ1v) is 8.47. The fourth-order valence-corrected chi connectivity index (χ4v) is 2.94. The van der Waals surface area contributed by atoms with Gasteiger partial charge in [-0.15, -0.1) is 0 Å². The second-order valence-electron chi connectivity index (χ2n) is 5.72. The van der Waals surface area contributed by atoms with E-state index in [2.05, 4.69) is 15.3 Å². The van der Waals surface area contributed by atoms with E-state index in [-0.39, 0.29) is 5.91 Å². The molecule has 0 saturated carbocycles. The van der Waals surface area contributed by atoms with E-state index in [0.717, 1.165) is 10.9 Å². The van der Waals surface area contributed by atoms with Crippen LogP contribution in [0.2, 0.25) is 5.02 Å². The first kappa shape index (κ1) is 16.2. The highest BCUT2D eigenvalue weighted by Gasteiger charge is 2.15. The molecular weight excluding hydrogens is 346 g/mol. The lowest BCUT2D eigenvalue weighted by Crippen LogP contribution is -2.13. The minimum Gasteiger partial charge on any atom is -0.321 e. The molecule has 0 saturated heterocycles. The average molecular weight is 360 g/mol. The van der Waals surface area contributed by atoms with Gasteiger partial charge >= 0.3 is 0 Å². The zero-order chi connectivity index (χ0) is 17.9. The summed E-state index contributed by atoms with van der Waals surface area (Å²) in [6, 6.07) is 22.1. The highest BCUT2D eigenvalue weighted by molar-refractivity contribution is 6.34. The normalized spacial score (nSPS) is 10.7. The maximum atomic E-state index is 12.9. The summed E-state index contributed by atoms with van der Waals surface area (Å²) in [6.07, 6.45) is 1.70. The highest BCUT2D eigenvalue weighted by Crippen LogP contribution is 2.26. The van der Waals surface area contributed by atoms with Crippen molar-refractivity contribution in [3.63, 3.8) is 0 Å². The van der Waals surface area contributed by atoms with Crippen molar-refractivity contribution in [2.45, 2.75) is 0 Å². The number of pyridine rings is 2. The van der Waals surface area contributed by atoms with Gasteiger partial charge in [0.2, 0.25) is 0 Å². The molecule has 0 aliphatic heterocycles. The van der Waals surface area contributed by atoms with Gasteiger partial charge in [-0.2, -0.15) is 0 Å². The third kappa shape index (κ3) is 3.15. The predicted octanol–water partition coefficient (Wildman–Crippen LogP) is 5.20. The summed E-state index contributed by atoms with van der Waals surface area (Å²) in [4.78, 5) is 21.9. The number of hydrogen-bond acceptors (Lipinski definition) is 3. The maximum Gasteiger partial charge on any atom is 0.256 e. The Hall–Kier alpha value is -3.24. The van der Waals surface area contributed by atoms with Crippen LogP contribution in [-0.4, -0.2) is 15.9 Å². The molecule has 4 aromatic rings. The number of amides is 1. The van der Waals surface area contributed by atoms with Crippen molar-refractivity contribution < 1.29 is 4.79 Å². The van der Waals surface area contributed by atoms with Gasteiger partial charge in [0.15, 0.2) is 0 Å². The van der Waals surface area contributed by atoms with Crippen LogP contribution in [0.15, 0.2) is 79.0 Å². The number of nitrogens with zero attached hydrogens (tertiary/aromatic N) is 2. The lowest BCUT2D eigenvalue weighted by atomic mass is 10.1. The topological polar surface area (TPSA) is 54.9 Å². The SMILES string of the molecule is O=C(Nc1ccccc1Cl)c1cc(-c2ccccn2)nc2ccccc12.